The molecule has 0 aliphatic rings. The third kappa shape index (κ3) is 4.70. The monoisotopic (exact) mass is 385 g/mol. The van der Waals surface area contributed by atoms with Gasteiger partial charge in [0.25, 0.3) is 0 Å². The Balaban J connectivity index is 2.47. The lowest BCUT2D eigenvalue weighted by molar-refractivity contribution is -0.138. The molecule has 5 nitrogen and oxygen atoms in total. The second kappa shape index (κ2) is 7.41. The summed E-state index contributed by atoms with van der Waals surface area (Å²) < 4.78 is 38.4. The van der Waals surface area contributed by atoms with Gasteiger partial charge in [0.1, 0.15) is 11.9 Å². The summed E-state index contributed by atoms with van der Waals surface area (Å²) in [5.74, 6) is -1.86. The van der Waals surface area contributed by atoms with E-state index in [-0.39, 0.29) is 12.1 Å². The highest BCUT2D eigenvalue weighted by Crippen LogP contribution is 2.25. The van der Waals surface area contributed by atoms with Crippen LogP contribution in [-0.2, 0) is 21.2 Å². The van der Waals surface area contributed by atoms with Crippen LogP contribution in [0, 0.1) is 12.7 Å². The van der Waals surface area contributed by atoms with Gasteiger partial charge in [-0.05, 0) is 48.4 Å². The van der Waals surface area contributed by atoms with Gasteiger partial charge in [-0.2, -0.15) is 0 Å². The van der Waals surface area contributed by atoms with E-state index in [4.69, 9.17) is 11.6 Å². The molecule has 1 unspecified atom stereocenters. The first-order valence-electron chi connectivity index (χ1n) is 7.32. The molecule has 134 valence electrons. The van der Waals surface area contributed by atoms with E-state index in [2.05, 4.69) is 0 Å². The summed E-state index contributed by atoms with van der Waals surface area (Å²) in [4.78, 5) is 11.8. The number of aryl methyl sites for hydroxylation is 1. The maximum absolute atomic E-state index is 13.1. The number of halogens is 2. The zero-order chi connectivity index (χ0) is 18.8. The molecule has 25 heavy (non-hydrogen) atoms. The first-order chi connectivity index (χ1) is 11.6. The number of aliphatic carboxylic acids is 1. The Bertz CT molecular complexity index is 884. The van der Waals surface area contributed by atoms with E-state index >= 15 is 0 Å². The lowest BCUT2D eigenvalue weighted by Gasteiger charge is -2.29. The largest absolute Gasteiger partial charge is 0.480 e. The molecule has 0 bridgehead atoms. The Morgan fingerprint density at radius 3 is 2.32 bits per heavy atom. The van der Waals surface area contributed by atoms with Crippen molar-refractivity contribution >= 4 is 33.3 Å². The molecule has 0 radical (unpaired) electrons. The summed E-state index contributed by atoms with van der Waals surface area (Å²) in [7, 11) is -3.92. The molecule has 0 aromatic heterocycles. The SMILES string of the molecule is Cc1ccc(CC(C(=O)O)N(c2ccc(F)cc2)S(C)(=O)=O)cc1Cl. The van der Waals surface area contributed by atoms with Crippen molar-refractivity contribution in [3.63, 3.8) is 0 Å². The van der Waals surface area contributed by atoms with Crippen LogP contribution in [0.25, 0.3) is 0 Å². The predicted molar refractivity (Wildman–Crippen MR) is 95.0 cm³/mol. The van der Waals surface area contributed by atoms with Crippen molar-refractivity contribution in [3.05, 3.63) is 64.4 Å². The molecular formula is C17H17ClFNO4S. The molecule has 0 saturated heterocycles. The highest BCUT2D eigenvalue weighted by Gasteiger charge is 2.33. The second-order valence-corrected chi connectivity index (χ2v) is 7.94. The molecule has 0 aliphatic heterocycles. The zero-order valence-corrected chi connectivity index (χ0v) is 15.2. The van der Waals surface area contributed by atoms with Crippen LogP contribution < -0.4 is 4.31 Å². The van der Waals surface area contributed by atoms with Gasteiger partial charge in [-0.15, -0.1) is 0 Å². The minimum atomic E-state index is -3.92. The van der Waals surface area contributed by atoms with Crippen molar-refractivity contribution in [1.82, 2.24) is 0 Å². The van der Waals surface area contributed by atoms with Gasteiger partial charge in [0.05, 0.1) is 11.9 Å². The predicted octanol–water partition coefficient (Wildman–Crippen LogP) is 3.25. The third-order valence-electron chi connectivity index (χ3n) is 3.67. The second-order valence-electron chi connectivity index (χ2n) is 5.68. The average molecular weight is 386 g/mol. The van der Waals surface area contributed by atoms with Crippen LogP contribution >= 0.6 is 11.6 Å². The number of hydrogen-bond donors (Lipinski definition) is 1. The molecular weight excluding hydrogens is 369 g/mol. The quantitative estimate of drug-likeness (QED) is 0.828. The standard InChI is InChI=1S/C17H17ClFNO4S/c1-11-3-4-12(9-15(11)18)10-16(17(21)22)20(25(2,23)24)14-7-5-13(19)6-8-14/h3-9,16H,10H2,1-2H3,(H,21,22). The summed E-state index contributed by atoms with van der Waals surface area (Å²) in [6.07, 6.45) is 0.828. The maximum atomic E-state index is 13.1. The summed E-state index contributed by atoms with van der Waals surface area (Å²) in [5, 5.41) is 10.1. The molecule has 1 atom stereocenters. The summed E-state index contributed by atoms with van der Waals surface area (Å²) in [6.45, 7) is 1.81. The minimum absolute atomic E-state index is 0.0782. The Labute approximate surface area is 150 Å². The fourth-order valence-corrected chi connectivity index (χ4v) is 3.78. The van der Waals surface area contributed by atoms with Gasteiger partial charge in [-0.3, -0.25) is 4.31 Å². The fourth-order valence-electron chi connectivity index (χ4n) is 2.45. The Morgan fingerprint density at radius 2 is 1.84 bits per heavy atom. The molecule has 8 heteroatoms. The normalized spacial score (nSPS) is 12.6. The van der Waals surface area contributed by atoms with Crippen molar-refractivity contribution in [3.8, 4) is 0 Å². The van der Waals surface area contributed by atoms with Gasteiger partial charge >= 0.3 is 5.97 Å². The van der Waals surface area contributed by atoms with Crippen LogP contribution in [0.15, 0.2) is 42.5 Å². The number of carboxylic acid groups (broad SMARTS) is 1. The van der Waals surface area contributed by atoms with Crippen molar-refractivity contribution in [2.24, 2.45) is 0 Å². The molecule has 2 aromatic rings. The average Bonchev–Trinajstić information content (AvgIpc) is 2.50. The van der Waals surface area contributed by atoms with Crippen LogP contribution in [0.3, 0.4) is 0 Å². The van der Waals surface area contributed by atoms with E-state index < -0.39 is 27.9 Å². The van der Waals surface area contributed by atoms with Crippen molar-refractivity contribution in [1.29, 1.82) is 0 Å². The molecule has 2 rings (SSSR count). The van der Waals surface area contributed by atoms with E-state index in [0.717, 1.165) is 28.3 Å². The lowest BCUT2D eigenvalue weighted by Crippen LogP contribution is -2.46. The fraction of sp³-hybridized carbons (Fsp3) is 0.235. The van der Waals surface area contributed by atoms with E-state index in [1.165, 1.54) is 12.1 Å². The lowest BCUT2D eigenvalue weighted by atomic mass is 10.0. The van der Waals surface area contributed by atoms with E-state index in [1.54, 1.807) is 18.2 Å². The number of carboxylic acids is 1. The number of benzene rings is 2. The Morgan fingerprint density at radius 1 is 1.24 bits per heavy atom. The van der Waals surface area contributed by atoms with Gasteiger partial charge in [-0.25, -0.2) is 17.6 Å². The molecule has 0 aliphatic carbocycles. The van der Waals surface area contributed by atoms with Crippen molar-refractivity contribution in [2.45, 2.75) is 19.4 Å². The third-order valence-corrected chi connectivity index (χ3v) is 5.26. The van der Waals surface area contributed by atoms with Crippen LogP contribution in [0.5, 0.6) is 0 Å². The molecule has 2 aromatic carbocycles. The molecule has 1 N–H and O–H groups in total. The van der Waals surface area contributed by atoms with E-state index in [9.17, 15) is 22.7 Å². The Kier molecular flexibility index (Phi) is 5.69. The highest BCUT2D eigenvalue weighted by atomic mass is 35.5. The van der Waals surface area contributed by atoms with Crippen LogP contribution in [-0.4, -0.2) is 31.8 Å². The van der Waals surface area contributed by atoms with Gasteiger partial charge in [0.2, 0.25) is 10.0 Å². The van der Waals surface area contributed by atoms with E-state index in [0.29, 0.717) is 10.6 Å². The molecule has 0 fully saturated rings. The highest BCUT2D eigenvalue weighted by molar-refractivity contribution is 7.92. The summed E-state index contributed by atoms with van der Waals surface area (Å²) in [6, 6.07) is 8.27. The number of rotatable bonds is 6. The minimum Gasteiger partial charge on any atom is -0.480 e. The Hall–Kier alpha value is -2.12. The van der Waals surface area contributed by atoms with Crippen LogP contribution in [0.2, 0.25) is 5.02 Å². The van der Waals surface area contributed by atoms with Crippen molar-refractivity contribution in [2.75, 3.05) is 10.6 Å². The molecule has 0 spiro atoms. The number of sulfonamides is 1. The molecule has 0 heterocycles. The molecule has 0 amide bonds. The van der Waals surface area contributed by atoms with Gasteiger partial charge < -0.3 is 5.11 Å². The molecule has 0 saturated carbocycles. The summed E-state index contributed by atoms with van der Waals surface area (Å²) in [5.41, 5.74) is 1.49. The smallest absolute Gasteiger partial charge is 0.327 e. The van der Waals surface area contributed by atoms with Gasteiger partial charge in [0.15, 0.2) is 0 Å². The van der Waals surface area contributed by atoms with Crippen LogP contribution in [0.4, 0.5) is 10.1 Å². The first-order valence-corrected chi connectivity index (χ1v) is 9.55. The first kappa shape index (κ1) is 19.2. The van der Waals surface area contributed by atoms with E-state index in [1.807, 2.05) is 6.92 Å². The van der Waals surface area contributed by atoms with Crippen molar-refractivity contribution < 1.29 is 22.7 Å². The number of hydrogen-bond acceptors (Lipinski definition) is 3. The van der Waals surface area contributed by atoms with Crippen LogP contribution in [0.1, 0.15) is 11.1 Å². The topological polar surface area (TPSA) is 74.7 Å². The maximum Gasteiger partial charge on any atom is 0.327 e. The number of carbonyl (C=O) groups is 1. The number of nitrogens with zero attached hydrogens (tertiary/aromatic N) is 1. The summed E-state index contributed by atoms with van der Waals surface area (Å²) >= 11 is 6.06. The zero-order valence-electron chi connectivity index (χ0n) is 13.6. The van der Waals surface area contributed by atoms with Gasteiger partial charge in [-0.1, -0.05) is 23.7 Å². The number of anilines is 1. The van der Waals surface area contributed by atoms with Gasteiger partial charge in [0, 0.05) is 11.4 Å².